The van der Waals surface area contributed by atoms with Crippen LogP contribution in [0.1, 0.15) is 25.5 Å². The smallest absolute Gasteiger partial charge is 0.135 e. The molecule has 0 aliphatic rings. The van der Waals surface area contributed by atoms with Crippen molar-refractivity contribution >= 4 is 33.6 Å². The Morgan fingerprint density at radius 3 is 2.79 bits per heavy atom. The van der Waals surface area contributed by atoms with Crippen LogP contribution in [0.25, 0.3) is 11.0 Å². The molecule has 0 unspecified atom stereocenters. The van der Waals surface area contributed by atoms with E-state index in [1.165, 1.54) is 21.8 Å². The van der Waals surface area contributed by atoms with E-state index >= 15 is 0 Å². The minimum Gasteiger partial charge on any atom is -0.460 e. The largest absolute Gasteiger partial charge is 0.460 e. The highest BCUT2D eigenvalue weighted by Crippen LogP contribution is 2.28. The van der Waals surface area contributed by atoms with E-state index in [2.05, 4.69) is 41.6 Å². The first kappa shape index (κ1) is 10.0. The molecule has 0 radical (unpaired) electrons. The Kier molecular flexibility index (Phi) is 3.11. The molecule has 0 spiro atoms. The number of hydrogen-bond acceptors (Lipinski definition) is 1. The quantitative estimate of drug-likeness (QED) is 0.767. The van der Waals surface area contributed by atoms with Crippen LogP contribution in [-0.2, 0) is 6.42 Å². The molecule has 1 nitrogen and oxygen atoms in total. The minimum absolute atomic E-state index is 1.02. The molecular formula is C12H13IO. The highest BCUT2D eigenvalue weighted by molar-refractivity contribution is 14.1. The van der Waals surface area contributed by atoms with Crippen LogP contribution >= 0.6 is 22.6 Å². The maximum absolute atomic E-state index is 5.79. The van der Waals surface area contributed by atoms with Gasteiger partial charge in [0.25, 0.3) is 0 Å². The summed E-state index contributed by atoms with van der Waals surface area (Å²) in [7, 11) is 0. The number of aryl methyl sites for hydroxylation is 1. The second kappa shape index (κ2) is 4.34. The number of rotatable bonds is 3. The predicted octanol–water partition coefficient (Wildman–Crippen LogP) is 4.38. The molecule has 1 aromatic carbocycles. The average Bonchev–Trinajstić information content (AvgIpc) is 2.54. The van der Waals surface area contributed by atoms with Gasteiger partial charge >= 0.3 is 0 Å². The van der Waals surface area contributed by atoms with E-state index in [-0.39, 0.29) is 0 Å². The van der Waals surface area contributed by atoms with Crippen LogP contribution in [0.2, 0.25) is 0 Å². The lowest BCUT2D eigenvalue weighted by Gasteiger charge is -1.93. The standard InChI is InChI=1S/C12H13IO/c1-2-3-7-11-12(13)9-6-4-5-8-10(9)14-11/h4-6,8H,2-3,7H2,1H3. The zero-order valence-electron chi connectivity index (χ0n) is 8.22. The van der Waals surface area contributed by atoms with Gasteiger partial charge in [-0.1, -0.05) is 31.5 Å². The summed E-state index contributed by atoms with van der Waals surface area (Å²) in [6, 6.07) is 8.23. The van der Waals surface area contributed by atoms with Gasteiger partial charge in [-0.05, 0) is 35.1 Å². The lowest BCUT2D eigenvalue weighted by atomic mass is 10.2. The van der Waals surface area contributed by atoms with Gasteiger partial charge in [0.1, 0.15) is 11.3 Å². The Bertz CT molecular complexity index is 431. The Labute approximate surface area is 97.6 Å². The molecule has 2 heteroatoms. The molecule has 0 bridgehead atoms. The first-order valence-corrected chi connectivity index (χ1v) is 6.06. The van der Waals surface area contributed by atoms with Crippen molar-refractivity contribution in [1.82, 2.24) is 0 Å². The molecule has 0 fully saturated rings. The van der Waals surface area contributed by atoms with E-state index in [4.69, 9.17) is 4.42 Å². The Morgan fingerprint density at radius 1 is 1.29 bits per heavy atom. The van der Waals surface area contributed by atoms with Crippen LogP contribution < -0.4 is 0 Å². The molecule has 1 aromatic heterocycles. The van der Waals surface area contributed by atoms with Gasteiger partial charge in [0.05, 0.1) is 3.57 Å². The summed E-state index contributed by atoms with van der Waals surface area (Å²) in [6.45, 7) is 2.20. The molecule has 0 amide bonds. The average molecular weight is 300 g/mol. The molecule has 0 atom stereocenters. The van der Waals surface area contributed by atoms with Crippen LogP contribution in [0, 0.1) is 3.57 Å². The number of unbranched alkanes of at least 4 members (excludes halogenated alkanes) is 1. The van der Waals surface area contributed by atoms with Gasteiger partial charge in [-0.2, -0.15) is 0 Å². The number of fused-ring (bicyclic) bond motifs is 1. The summed E-state index contributed by atoms with van der Waals surface area (Å²) in [5.41, 5.74) is 1.02. The molecule has 2 aromatic rings. The van der Waals surface area contributed by atoms with E-state index in [0.29, 0.717) is 0 Å². The molecule has 1 heterocycles. The molecule has 14 heavy (non-hydrogen) atoms. The second-order valence-corrected chi connectivity index (χ2v) is 4.52. The number of benzene rings is 1. The SMILES string of the molecule is CCCCc1oc2ccccc2c1I. The first-order chi connectivity index (χ1) is 6.83. The topological polar surface area (TPSA) is 13.1 Å². The van der Waals surface area contributed by atoms with E-state index in [1.54, 1.807) is 0 Å². The Hall–Kier alpha value is -0.510. The summed E-state index contributed by atoms with van der Waals surface area (Å²) in [5, 5.41) is 1.25. The van der Waals surface area contributed by atoms with Crippen molar-refractivity contribution in [3.05, 3.63) is 33.6 Å². The fourth-order valence-corrected chi connectivity index (χ4v) is 2.39. The summed E-state index contributed by atoms with van der Waals surface area (Å²) < 4.78 is 7.08. The first-order valence-electron chi connectivity index (χ1n) is 4.99. The van der Waals surface area contributed by atoms with Gasteiger partial charge in [-0.3, -0.25) is 0 Å². The van der Waals surface area contributed by atoms with E-state index < -0.39 is 0 Å². The van der Waals surface area contributed by atoms with Crippen molar-refractivity contribution in [1.29, 1.82) is 0 Å². The van der Waals surface area contributed by atoms with Crippen molar-refractivity contribution in [3.63, 3.8) is 0 Å². The summed E-state index contributed by atoms with van der Waals surface area (Å²) in [4.78, 5) is 0. The van der Waals surface area contributed by atoms with Gasteiger partial charge in [0.2, 0.25) is 0 Å². The highest BCUT2D eigenvalue weighted by Gasteiger charge is 2.09. The van der Waals surface area contributed by atoms with Gasteiger partial charge in [-0.25, -0.2) is 0 Å². The number of hydrogen-bond donors (Lipinski definition) is 0. The third kappa shape index (κ3) is 1.80. The fraction of sp³-hybridized carbons (Fsp3) is 0.333. The van der Waals surface area contributed by atoms with Gasteiger partial charge in [0.15, 0.2) is 0 Å². The predicted molar refractivity (Wildman–Crippen MR) is 67.5 cm³/mol. The lowest BCUT2D eigenvalue weighted by Crippen LogP contribution is -1.83. The Balaban J connectivity index is 2.41. The maximum atomic E-state index is 5.79. The van der Waals surface area contributed by atoms with Crippen LogP contribution in [0.3, 0.4) is 0 Å². The van der Waals surface area contributed by atoms with Crippen LogP contribution in [-0.4, -0.2) is 0 Å². The fourth-order valence-electron chi connectivity index (χ4n) is 1.56. The second-order valence-electron chi connectivity index (χ2n) is 3.44. The molecule has 0 aliphatic carbocycles. The van der Waals surface area contributed by atoms with Crippen LogP contribution in [0.4, 0.5) is 0 Å². The van der Waals surface area contributed by atoms with Crippen molar-refractivity contribution in [2.45, 2.75) is 26.2 Å². The van der Waals surface area contributed by atoms with Crippen molar-refractivity contribution < 1.29 is 4.42 Å². The zero-order chi connectivity index (χ0) is 9.97. The van der Waals surface area contributed by atoms with Gasteiger partial charge in [0, 0.05) is 11.8 Å². The summed E-state index contributed by atoms with van der Waals surface area (Å²) >= 11 is 2.38. The number of para-hydroxylation sites is 1. The number of halogens is 1. The number of furan rings is 1. The molecular weight excluding hydrogens is 287 g/mol. The minimum atomic E-state index is 1.02. The van der Waals surface area contributed by atoms with Gasteiger partial charge < -0.3 is 4.42 Å². The van der Waals surface area contributed by atoms with E-state index in [1.807, 2.05) is 12.1 Å². The molecule has 74 valence electrons. The maximum Gasteiger partial charge on any atom is 0.135 e. The molecule has 0 saturated carbocycles. The lowest BCUT2D eigenvalue weighted by molar-refractivity contribution is 0.533. The third-order valence-corrected chi connectivity index (χ3v) is 3.54. The molecule has 2 rings (SSSR count). The molecule has 0 aliphatic heterocycles. The Morgan fingerprint density at radius 2 is 2.07 bits per heavy atom. The monoisotopic (exact) mass is 300 g/mol. The van der Waals surface area contributed by atoms with Crippen LogP contribution in [0.5, 0.6) is 0 Å². The molecule has 0 saturated heterocycles. The third-order valence-electron chi connectivity index (χ3n) is 2.36. The van der Waals surface area contributed by atoms with Crippen molar-refractivity contribution in [2.75, 3.05) is 0 Å². The van der Waals surface area contributed by atoms with E-state index in [0.717, 1.165) is 17.8 Å². The van der Waals surface area contributed by atoms with Gasteiger partial charge in [-0.15, -0.1) is 0 Å². The van der Waals surface area contributed by atoms with Crippen molar-refractivity contribution in [2.24, 2.45) is 0 Å². The summed E-state index contributed by atoms with van der Waals surface area (Å²) in [6.07, 6.45) is 3.48. The van der Waals surface area contributed by atoms with Crippen LogP contribution in [0.15, 0.2) is 28.7 Å². The van der Waals surface area contributed by atoms with Crippen molar-refractivity contribution in [3.8, 4) is 0 Å². The zero-order valence-corrected chi connectivity index (χ0v) is 10.4. The highest BCUT2D eigenvalue weighted by atomic mass is 127. The molecule has 0 N–H and O–H groups in total. The summed E-state index contributed by atoms with van der Waals surface area (Å²) in [5.74, 6) is 1.15. The van der Waals surface area contributed by atoms with E-state index in [9.17, 15) is 0 Å². The normalized spacial score (nSPS) is 11.0.